The first kappa shape index (κ1) is 21.0. The van der Waals surface area contributed by atoms with E-state index in [0.717, 1.165) is 18.4 Å². The van der Waals surface area contributed by atoms with Crippen molar-refractivity contribution in [3.8, 4) is 11.4 Å². The molecule has 152 valence electrons. The van der Waals surface area contributed by atoms with Gasteiger partial charge in [0.25, 0.3) is 0 Å². The zero-order valence-corrected chi connectivity index (χ0v) is 17.5. The summed E-state index contributed by atoms with van der Waals surface area (Å²) < 4.78 is 16.2. The Morgan fingerprint density at radius 3 is 2.59 bits per heavy atom. The van der Waals surface area contributed by atoms with Crippen molar-refractivity contribution in [3.05, 3.63) is 66.0 Å². The van der Waals surface area contributed by atoms with Crippen LogP contribution in [0.5, 0.6) is 0 Å². The number of carbonyl (C=O) groups is 1. The number of aromatic nitrogens is 3. The average Bonchev–Trinajstić information content (AvgIpc) is 3.10. The van der Waals surface area contributed by atoms with E-state index in [1.807, 2.05) is 41.8 Å². The van der Waals surface area contributed by atoms with Crippen LogP contribution in [0.4, 0.5) is 4.39 Å². The van der Waals surface area contributed by atoms with E-state index in [2.05, 4.69) is 22.4 Å². The van der Waals surface area contributed by atoms with Crippen LogP contribution >= 0.6 is 11.8 Å². The zero-order valence-electron chi connectivity index (χ0n) is 16.6. The standard InChI is InChI=1S/C22H25FN4OS/c1-3-9-16(2)24-20(28)15-29-22-26-25-21(18-12-7-8-13-19(18)23)27(22)14-17-10-5-4-6-11-17/h4-8,10-13,16H,3,9,14-15H2,1-2H3,(H,24,28). The molecule has 1 unspecified atom stereocenters. The summed E-state index contributed by atoms with van der Waals surface area (Å²) in [6.07, 6.45) is 1.96. The number of benzene rings is 2. The van der Waals surface area contributed by atoms with E-state index < -0.39 is 0 Å². The van der Waals surface area contributed by atoms with Gasteiger partial charge in [-0.15, -0.1) is 10.2 Å². The molecular weight excluding hydrogens is 387 g/mol. The lowest BCUT2D eigenvalue weighted by Crippen LogP contribution is -2.33. The second kappa shape index (κ2) is 10.2. The first-order valence-electron chi connectivity index (χ1n) is 9.72. The molecule has 0 saturated carbocycles. The van der Waals surface area contributed by atoms with E-state index >= 15 is 0 Å². The maximum atomic E-state index is 14.4. The highest BCUT2D eigenvalue weighted by Gasteiger charge is 2.18. The number of amides is 1. The lowest BCUT2D eigenvalue weighted by molar-refractivity contribution is -0.119. The molecule has 3 aromatic rings. The second-order valence-corrected chi connectivity index (χ2v) is 7.85. The number of halogens is 1. The maximum Gasteiger partial charge on any atom is 0.230 e. The summed E-state index contributed by atoms with van der Waals surface area (Å²) >= 11 is 1.31. The fourth-order valence-corrected chi connectivity index (χ4v) is 3.85. The third kappa shape index (κ3) is 5.67. The first-order valence-corrected chi connectivity index (χ1v) is 10.7. The Labute approximate surface area is 174 Å². The van der Waals surface area contributed by atoms with Crippen molar-refractivity contribution < 1.29 is 9.18 Å². The lowest BCUT2D eigenvalue weighted by Gasteiger charge is -2.13. The number of thioether (sulfide) groups is 1. The van der Waals surface area contributed by atoms with Gasteiger partial charge < -0.3 is 5.32 Å². The molecule has 1 N–H and O–H groups in total. The van der Waals surface area contributed by atoms with Crippen LogP contribution in [0.3, 0.4) is 0 Å². The Bertz CT molecular complexity index is 945. The van der Waals surface area contributed by atoms with Crippen molar-refractivity contribution in [3.63, 3.8) is 0 Å². The molecular formula is C22H25FN4OS. The van der Waals surface area contributed by atoms with Crippen molar-refractivity contribution in [1.82, 2.24) is 20.1 Å². The molecule has 1 aromatic heterocycles. The van der Waals surface area contributed by atoms with Crippen molar-refractivity contribution in [1.29, 1.82) is 0 Å². The van der Waals surface area contributed by atoms with Crippen LogP contribution in [0.15, 0.2) is 59.8 Å². The van der Waals surface area contributed by atoms with E-state index in [4.69, 9.17) is 0 Å². The molecule has 0 bridgehead atoms. The van der Waals surface area contributed by atoms with Gasteiger partial charge in [-0.2, -0.15) is 0 Å². The van der Waals surface area contributed by atoms with Crippen molar-refractivity contribution in [2.75, 3.05) is 5.75 Å². The minimum Gasteiger partial charge on any atom is -0.353 e. The molecule has 2 aromatic carbocycles. The largest absolute Gasteiger partial charge is 0.353 e. The van der Waals surface area contributed by atoms with Crippen molar-refractivity contribution in [2.45, 2.75) is 44.4 Å². The van der Waals surface area contributed by atoms with Crippen LogP contribution in [0, 0.1) is 5.82 Å². The third-order valence-electron chi connectivity index (χ3n) is 4.48. The molecule has 1 heterocycles. The van der Waals surface area contributed by atoms with Gasteiger partial charge >= 0.3 is 0 Å². The van der Waals surface area contributed by atoms with Gasteiger partial charge in [0, 0.05) is 6.04 Å². The molecule has 0 saturated heterocycles. The Morgan fingerprint density at radius 2 is 1.86 bits per heavy atom. The number of hydrogen-bond donors (Lipinski definition) is 1. The molecule has 3 rings (SSSR count). The van der Waals surface area contributed by atoms with Gasteiger partial charge in [0.1, 0.15) is 5.82 Å². The molecule has 0 aliphatic rings. The summed E-state index contributed by atoms with van der Waals surface area (Å²) in [5, 5.41) is 12.1. The molecule has 0 radical (unpaired) electrons. The predicted molar refractivity (Wildman–Crippen MR) is 114 cm³/mol. The summed E-state index contributed by atoms with van der Waals surface area (Å²) in [4.78, 5) is 12.3. The van der Waals surface area contributed by atoms with Gasteiger partial charge in [-0.3, -0.25) is 9.36 Å². The van der Waals surface area contributed by atoms with Crippen LogP contribution in [-0.2, 0) is 11.3 Å². The number of nitrogens with one attached hydrogen (secondary N) is 1. The van der Waals surface area contributed by atoms with E-state index in [1.54, 1.807) is 18.2 Å². The predicted octanol–water partition coefficient (Wildman–Crippen LogP) is 4.53. The zero-order chi connectivity index (χ0) is 20.6. The van der Waals surface area contributed by atoms with E-state index in [0.29, 0.717) is 23.1 Å². The Morgan fingerprint density at radius 1 is 1.14 bits per heavy atom. The van der Waals surface area contributed by atoms with E-state index in [9.17, 15) is 9.18 Å². The van der Waals surface area contributed by atoms with Crippen LogP contribution in [0.1, 0.15) is 32.3 Å². The summed E-state index contributed by atoms with van der Waals surface area (Å²) in [6.45, 7) is 4.58. The first-order chi connectivity index (χ1) is 14.1. The molecule has 1 amide bonds. The van der Waals surface area contributed by atoms with Crippen molar-refractivity contribution >= 4 is 17.7 Å². The van der Waals surface area contributed by atoms with Gasteiger partial charge in [-0.1, -0.05) is 67.6 Å². The highest BCUT2D eigenvalue weighted by Crippen LogP contribution is 2.27. The SMILES string of the molecule is CCCC(C)NC(=O)CSc1nnc(-c2ccccc2F)n1Cc1ccccc1. The second-order valence-electron chi connectivity index (χ2n) is 6.90. The third-order valence-corrected chi connectivity index (χ3v) is 5.44. The Hall–Kier alpha value is -2.67. The van der Waals surface area contributed by atoms with Crippen LogP contribution in [-0.4, -0.2) is 32.5 Å². The summed E-state index contributed by atoms with van der Waals surface area (Å²) in [5.41, 5.74) is 1.44. The van der Waals surface area contributed by atoms with Gasteiger partial charge in [0.15, 0.2) is 11.0 Å². The molecule has 7 heteroatoms. The highest BCUT2D eigenvalue weighted by atomic mass is 32.2. The number of nitrogens with zero attached hydrogens (tertiary/aromatic N) is 3. The maximum absolute atomic E-state index is 14.4. The molecule has 1 atom stereocenters. The number of rotatable bonds is 9. The molecule has 0 aliphatic heterocycles. The topological polar surface area (TPSA) is 59.8 Å². The van der Waals surface area contributed by atoms with E-state index in [-0.39, 0.29) is 23.5 Å². The fourth-order valence-electron chi connectivity index (χ4n) is 3.10. The molecule has 0 fully saturated rings. The smallest absolute Gasteiger partial charge is 0.230 e. The summed E-state index contributed by atoms with van der Waals surface area (Å²) in [5.74, 6) is 0.293. The van der Waals surface area contributed by atoms with Crippen LogP contribution < -0.4 is 5.32 Å². The fraction of sp³-hybridized carbons (Fsp3) is 0.318. The normalized spacial score (nSPS) is 12.0. The van der Waals surface area contributed by atoms with Crippen molar-refractivity contribution in [2.24, 2.45) is 0 Å². The molecule has 0 spiro atoms. The lowest BCUT2D eigenvalue weighted by atomic mass is 10.2. The van der Waals surface area contributed by atoms with Crippen LogP contribution in [0.2, 0.25) is 0 Å². The number of carbonyl (C=O) groups excluding carboxylic acids is 1. The summed E-state index contributed by atoms with van der Waals surface area (Å²) in [7, 11) is 0. The highest BCUT2D eigenvalue weighted by molar-refractivity contribution is 7.99. The Balaban J connectivity index is 1.83. The molecule has 0 aliphatic carbocycles. The molecule has 5 nitrogen and oxygen atoms in total. The summed E-state index contributed by atoms with van der Waals surface area (Å²) in [6, 6.07) is 16.5. The van der Waals surface area contributed by atoms with Gasteiger partial charge in [0.2, 0.25) is 5.91 Å². The Kier molecular flexibility index (Phi) is 7.41. The van der Waals surface area contributed by atoms with Crippen LogP contribution in [0.25, 0.3) is 11.4 Å². The minimum absolute atomic E-state index is 0.0438. The van der Waals surface area contributed by atoms with E-state index in [1.165, 1.54) is 17.8 Å². The van der Waals surface area contributed by atoms with Gasteiger partial charge in [0.05, 0.1) is 17.9 Å². The van der Waals surface area contributed by atoms with Gasteiger partial charge in [-0.25, -0.2) is 4.39 Å². The van der Waals surface area contributed by atoms with Gasteiger partial charge in [-0.05, 0) is 31.0 Å². The monoisotopic (exact) mass is 412 g/mol. The number of hydrogen-bond acceptors (Lipinski definition) is 4. The average molecular weight is 413 g/mol. The quantitative estimate of drug-likeness (QED) is 0.525. The minimum atomic E-state index is -0.350. The molecule has 29 heavy (non-hydrogen) atoms.